The van der Waals surface area contributed by atoms with Gasteiger partial charge in [0.1, 0.15) is 40.2 Å². The summed E-state index contributed by atoms with van der Waals surface area (Å²) < 4.78 is 11.1. The second kappa shape index (κ2) is 9.05. The molecule has 0 bridgehead atoms. The number of thiophene rings is 1. The average molecular weight is 424 g/mol. The van der Waals surface area contributed by atoms with E-state index in [0.29, 0.717) is 21.4 Å². The maximum Gasteiger partial charge on any atom is 0.341 e. The quantitative estimate of drug-likeness (QED) is 0.725. The monoisotopic (exact) mass is 423 g/mol. The number of amides is 1. The molecule has 2 heterocycles. The second-order valence-corrected chi connectivity index (χ2v) is 8.58. The Bertz CT molecular complexity index is 845. The van der Waals surface area contributed by atoms with Crippen molar-refractivity contribution in [2.24, 2.45) is 0 Å². The van der Waals surface area contributed by atoms with Crippen LogP contribution in [0.5, 0.6) is 0 Å². The molecule has 2 unspecified atom stereocenters. The normalized spacial score (nSPS) is 21.9. The number of anilines is 1. The molecule has 1 amide bonds. The van der Waals surface area contributed by atoms with Crippen LogP contribution >= 0.6 is 22.9 Å². The van der Waals surface area contributed by atoms with E-state index in [1.54, 1.807) is 0 Å². The molecule has 0 radical (unpaired) electrons. The van der Waals surface area contributed by atoms with Gasteiger partial charge in [-0.15, -0.1) is 11.3 Å². The highest BCUT2D eigenvalue weighted by molar-refractivity contribution is 7.21. The summed E-state index contributed by atoms with van der Waals surface area (Å²) in [5.74, 6) is -0.697. The fourth-order valence-electron chi connectivity index (χ4n) is 3.58. The molecule has 2 N–H and O–H groups in total. The van der Waals surface area contributed by atoms with Crippen molar-refractivity contribution in [1.29, 1.82) is 0 Å². The van der Waals surface area contributed by atoms with Gasteiger partial charge in [-0.2, -0.15) is 0 Å². The highest BCUT2D eigenvalue weighted by atomic mass is 35.5. The van der Waals surface area contributed by atoms with Crippen LogP contribution in [0.1, 0.15) is 24.2 Å². The minimum atomic E-state index is -0.529. The summed E-state index contributed by atoms with van der Waals surface area (Å²) in [7, 11) is 1.31. The molecule has 150 valence electrons. The molecule has 0 aliphatic carbocycles. The van der Waals surface area contributed by atoms with E-state index in [9.17, 15) is 9.59 Å². The molecule has 1 saturated heterocycles. The molecule has 8 heteroatoms. The van der Waals surface area contributed by atoms with Gasteiger partial charge in [0.2, 0.25) is 0 Å². The third-order valence-electron chi connectivity index (χ3n) is 4.60. The Morgan fingerprint density at radius 2 is 1.89 bits per heavy atom. The zero-order valence-electron chi connectivity index (χ0n) is 16.1. The third-order valence-corrected chi connectivity index (χ3v) is 5.91. The van der Waals surface area contributed by atoms with E-state index in [1.807, 2.05) is 44.2 Å². The van der Waals surface area contributed by atoms with E-state index >= 15 is 0 Å². The maximum absolute atomic E-state index is 12.7. The molecule has 6 nitrogen and oxygen atoms in total. The number of hydrogen-bond donors (Lipinski definition) is 2. The van der Waals surface area contributed by atoms with Crippen LogP contribution < -0.4 is 10.2 Å². The first-order chi connectivity index (χ1) is 13.4. The molecule has 1 fully saturated rings. The van der Waals surface area contributed by atoms with Crippen molar-refractivity contribution in [2.45, 2.75) is 26.1 Å². The highest BCUT2D eigenvalue weighted by Gasteiger charge is 2.29. The lowest BCUT2D eigenvalue weighted by molar-refractivity contribution is -0.907. The highest BCUT2D eigenvalue weighted by Crippen LogP contribution is 2.43. The predicted molar refractivity (Wildman–Crippen MR) is 110 cm³/mol. The molecule has 0 saturated carbocycles. The van der Waals surface area contributed by atoms with Gasteiger partial charge in [0.05, 0.1) is 7.11 Å². The fourth-order valence-corrected chi connectivity index (χ4v) is 4.97. The van der Waals surface area contributed by atoms with Crippen molar-refractivity contribution in [3.8, 4) is 11.1 Å². The predicted octanol–water partition coefficient (Wildman–Crippen LogP) is 2.49. The summed E-state index contributed by atoms with van der Waals surface area (Å²) in [6, 6.07) is 9.36. The Labute approximate surface area is 173 Å². The molecule has 0 spiro atoms. The first-order valence-corrected chi connectivity index (χ1v) is 10.3. The number of ether oxygens (including phenoxy) is 2. The Morgan fingerprint density at radius 3 is 2.50 bits per heavy atom. The maximum atomic E-state index is 12.7. The van der Waals surface area contributed by atoms with Crippen molar-refractivity contribution in [3.05, 3.63) is 40.2 Å². The lowest BCUT2D eigenvalue weighted by Crippen LogP contribution is -3.16. The Balaban J connectivity index is 1.83. The Morgan fingerprint density at radius 1 is 1.25 bits per heavy atom. The second-order valence-electron chi connectivity index (χ2n) is 6.95. The first kappa shape index (κ1) is 20.8. The van der Waals surface area contributed by atoms with Crippen molar-refractivity contribution >= 4 is 39.8 Å². The molecule has 2 atom stereocenters. The number of nitrogens with one attached hydrogen (secondary N) is 2. The lowest BCUT2D eigenvalue weighted by Gasteiger charge is -2.31. The molecular weight excluding hydrogens is 400 g/mol. The summed E-state index contributed by atoms with van der Waals surface area (Å²) in [4.78, 5) is 26.3. The number of carbonyl (C=O) groups excluding carboxylic acids is 2. The topological polar surface area (TPSA) is 69.1 Å². The van der Waals surface area contributed by atoms with E-state index < -0.39 is 5.97 Å². The summed E-state index contributed by atoms with van der Waals surface area (Å²) in [6.07, 6.45) is 0.219. The third kappa shape index (κ3) is 4.72. The van der Waals surface area contributed by atoms with Gasteiger partial charge >= 0.3 is 5.97 Å². The van der Waals surface area contributed by atoms with Gasteiger partial charge in [-0.05, 0) is 19.4 Å². The molecule has 2 aromatic rings. The molecule has 1 aliphatic rings. The number of morpholine rings is 1. The number of carbonyl (C=O) groups is 2. The number of rotatable bonds is 5. The van der Waals surface area contributed by atoms with Crippen LogP contribution in [-0.4, -0.2) is 50.8 Å². The zero-order valence-corrected chi connectivity index (χ0v) is 17.7. The molecule has 1 aliphatic heterocycles. The van der Waals surface area contributed by atoms with E-state index in [0.717, 1.165) is 23.6 Å². The summed E-state index contributed by atoms with van der Waals surface area (Å²) >= 11 is 7.61. The average Bonchev–Trinajstić information content (AvgIpc) is 2.96. The van der Waals surface area contributed by atoms with Gasteiger partial charge in [-0.25, -0.2) is 4.79 Å². The minimum absolute atomic E-state index is 0.109. The van der Waals surface area contributed by atoms with Crippen LogP contribution in [0, 0.1) is 0 Å². The summed E-state index contributed by atoms with van der Waals surface area (Å²) in [5.41, 5.74) is 1.66. The van der Waals surface area contributed by atoms with Gasteiger partial charge in [0, 0.05) is 5.56 Å². The van der Waals surface area contributed by atoms with Gasteiger partial charge in [0.25, 0.3) is 5.91 Å². The molecule has 3 rings (SSSR count). The molecule has 1 aromatic carbocycles. The van der Waals surface area contributed by atoms with Gasteiger partial charge in [-0.1, -0.05) is 41.9 Å². The van der Waals surface area contributed by atoms with Gasteiger partial charge in [-0.3, -0.25) is 4.79 Å². The number of benzene rings is 1. The van der Waals surface area contributed by atoms with Crippen molar-refractivity contribution in [2.75, 3.05) is 32.1 Å². The summed E-state index contributed by atoms with van der Waals surface area (Å²) in [5, 5.41) is 3.28. The number of esters is 1. The fraction of sp³-hybridized carbons (Fsp3) is 0.400. The van der Waals surface area contributed by atoms with Crippen LogP contribution in [0.15, 0.2) is 30.3 Å². The van der Waals surface area contributed by atoms with Crippen molar-refractivity contribution < 1.29 is 24.0 Å². The number of quaternary nitrogens is 1. The molecular formula is C20H24ClN2O4S+. The standard InChI is InChI=1S/C20H23ClN2O4S/c1-12-9-23(10-13(2)27-12)11-15(24)22-19-17(20(25)26-3)16(18(21)28-19)14-7-5-4-6-8-14/h4-8,12-13H,9-11H2,1-3H3,(H,22,24)/p+1. The number of halogens is 1. The van der Waals surface area contributed by atoms with E-state index in [-0.39, 0.29) is 23.7 Å². The molecule has 1 aromatic heterocycles. The largest absolute Gasteiger partial charge is 0.465 e. The lowest BCUT2D eigenvalue weighted by atomic mass is 10.0. The SMILES string of the molecule is COC(=O)c1c(NC(=O)C[NH+]2CC(C)OC(C)C2)sc(Cl)c1-c1ccccc1. The van der Waals surface area contributed by atoms with E-state index in [4.69, 9.17) is 21.1 Å². The minimum Gasteiger partial charge on any atom is -0.465 e. The number of hydrogen-bond acceptors (Lipinski definition) is 5. The number of methoxy groups -OCH3 is 1. The Kier molecular flexibility index (Phi) is 6.72. The Hall–Kier alpha value is -1.93. The van der Waals surface area contributed by atoms with Crippen molar-refractivity contribution in [1.82, 2.24) is 0 Å². The van der Waals surface area contributed by atoms with Crippen molar-refractivity contribution in [3.63, 3.8) is 0 Å². The smallest absolute Gasteiger partial charge is 0.341 e. The first-order valence-electron chi connectivity index (χ1n) is 9.14. The molecule has 28 heavy (non-hydrogen) atoms. The van der Waals surface area contributed by atoms with E-state index in [1.165, 1.54) is 18.4 Å². The van der Waals surface area contributed by atoms with Crippen LogP contribution in [0.3, 0.4) is 0 Å². The van der Waals surface area contributed by atoms with Crippen LogP contribution in [0.4, 0.5) is 5.00 Å². The van der Waals surface area contributed by atoms with Crippen LogP contribution in [0.25, 0.3) is 11.1 Å². The zero-order chi connectivity index (χ0) is 20.3. The van der Waals surface area contributed by atoms with Gasteiger partial charge in [0.15, 0.2) is 6.54 Å². The van der Waals surface area contributed by atoms with Gasteiger partial charge < -0.3 is 19.7 Å². The van der Waals surface area contributed by atoms with Crippen LogP contribution in [0.2, 0.25) is 4.34 Å². The van der Waals surface area contributed by atoms with Crippen LogP contribution in [-0.2, 0) is 14.3 Å². The van der Waals surface area contributed by atoms with E-state index in [2.05, 4.69) is 5.32 Å². The summed E-state index contributed by atoms with van der Waals surface area (Å²) in [6.45, 7) is 5.85.